The second-order valence-corrected chi connectivity index (χ2v) is 8.59. The van der Waals surface area contributed by atoms with Crippen LogP contribution in [0.3, 0.4) is 0 Å². The van der Waals surface area contributed by atoms with Gasteiger partial charge in [0, 0.05) is 18.2 Å². The average Bonchev–Trinajstić information content (AvgIpc) is 2.87. The molecule has 198 valence electrons. The Bertz CT molecular complexity index is 822. The Balaban J connectivity index is 2.72. The van der Waals surface area contributed by atoms with Crippen LogP contribution in [0.15, 0.2) is 49.6 Å². The second kappa shape index (κ2) is 18.2. The van der Waals surface area contributed by atoms with Gasteiger partial charge in [-0.25, -0.2) is 9.59 Å². The lowest BCUT2D eigenvalue weighted by Gasteiger charge is -2.19. The summed E-state index contributed by atoms with van der Waals surface area (Å²) in [5.41, 5.74) is 0. The van der Waals surface area contributed by atoms with E-state index in [-0.39, 0.29) is 37.9 Å². The standard InChI is InChI=1S/C24H30O10S2/c1-5-21(25)33-19(13-31-23(27)15-35-3)11-29-17-8-7-9-18(10-17)30-12-20(34-22(26)6-2)14-32-24(28)16-36-4/h5-10,19-20H,1-2,11-16H2,3-4H3. The summed E-state index contributed by atoms with van der Waals surface area (Å²) in [7, 11) is 0. The summed E-state index contributed by atoms with van der Waals surface area (Å²) >= 11 is 2.61. The summed E-state index contributed by atoms with van der Waals surface area (Å²) in [6, 6.07) is 6.53. The number of carbonyl (C=O) groups is 4. The second-order valence-electron chi connectivity index (χ2n) is 6.85. The van der Waals surface area contributed by atoms with Crippen molar-refractivity contribution in [2.45, 2.75) is 12.2 Å². The Morgan fingerprint density at radius 2 is 1.19 bits per heavy atom. The number of rotatable bonds is 18. The molecular formula is C24H30O10S2. The van der Waals surface area contributed by atoms with Crippen LogP contribution in [0.4, 0.5) is 0 Å². The summed E-state index contributed by atoms with van der Waals surface area (Å²) in [6.45, 7) is 6.15. The van der Waals surface area contributed by atoms with Gasteiger partial charge in [0.2, 0.25) is 0 Å². The van der Waals surface area contributed by atoms with Crippen molar-refractivity contribution in [3.63, 3.8) is 0 Å². The summed E-state index contributed by atoms with van der Waals surface area (Å²) in [6.07, 6.45) is 3.81. The van der Waals surface area contributed by atoms with E-state index in [1.54, 1.807) is 36.8 Å². The van der Waals surface area contributed by atoms with Gasteiger partial charge in [-0.05, 0) is 24.6 Å². The lowest BCUT2D eigenvalue weighted by Crippen LogP contribution is -2.31. The minimum absolute atomic E-state index is 0.0967. The van der Waals surface area contributed by atoms with Crippen LogP contribution in [0.25, 0.3) is 0 Å². The van der Waals surface area contributed by atoms with E-state index >= 15 is 0 Å². The minimum Gasteiger partial charge on any atom is -0.489 e. The molecule has 0 aromatic heterocycles. The summed E-state index contributed by atoms with van der Waals surface area (Å²) in [5, 5.41) is 0. The van der Waals surface area contributed by atoms with Gasteiger partial charge < -0.3 is 28.4 Å². The summed E-state index contributed by atoms with van der Waals surface area (Å²) < 4.78 is 31.9. The average molecular weight is 543 g/mol. The number of hydrogen-bond acceptors (Lipinski definition) is 12. The van der Waals surface area contributed by atoms with Crippen molar-refractivity contribution in [3.05, 3.63) is 49.6 Å². The SMILES string of the molecule is C=CC(=O)OC(COC(=O)CSC)COc1cccc(OCC(COC(=O)CSC)OC(=O)C=C)c1. The zero-order valence-electron chi connectivity index (χ0n) is 20.2. The fourth-order valence-corrected chi connectivity index (χ4v) is 3.02. The van der Waals surface area contributed by atoms with Crippen molar-refractivity contribution in [3.8, 4) is 11.5 Å². The van der Waals surface area contributed by atoms with Crippen LogP contribution in [0, 0.1) is 0 Å². The number of carbonyl (C=O) groups excluding carboxylic acids is 4. The van der Waals surface area contributed by atoms with Crippen LogP contribution >= 0.6 is 23.5 Å². The molecule has 12 heteroatoms. The Kier molecular flexibility index (Phi) is 15.6. The van der Waals surface area contributed by atoms with E-state index in [9.17, 15) is 19.2 Å². The molecule has 1 aromatic carbocycles. The predicted octanol–water partition coefficient (Wildman–Crippen LogP) is 2.45. The molecule has 0 radical (unpaired) electrons. The number of benzene rings is 1. The number of hydrogen-bond donors (Lipinski definition) is 0. The van der Waals surface area contributed by atoms with Gasteiger partial charge in [0.25, 0.3) is 0 Å². The Labute approximate surface area is 218 Å². The third kappa shape index (κ3) is 13.7. The van der Waals surface area contributed by atoms with E-state index < -0.39 is 36.1 Å². The third-order valence-electron chi connectivity index (χ3n) is 3.96. The number of esters is 4. The smallest absolute Gasteiger partial charge is 0.330 e. The van der Waals surface area contributed by atoms with Gasteiger partial charge in [0.1, 0.15) is 37.9 Å². The molecule has 0 saturated heterocycles. The number of ether oxygens (including phenoxy) is 6. The molecule has 2 unspecified atom stereocenters. The molecular weight excluding hydrogens is 512 g/mol. The van der Waals surface area contributed by atoms with Crippen molar-refractivity contribution in [1.29, 1.82) is 0 Å². The molecule has 36 heavy (non-hydrogen) atoms. The van der Waals surface area contributed by atoms with Gasteiger partial charge in [-0.3, -0.25) is 9.59 Å². The van der Waals surface area contributed by atoms with Crippen molar-refractivity contribution in [2.24, 2.45) is 0 Å². The van der Waals surface area contributed by atoms with Crippen molar-refractivity contribution in [2.75, 3.05) is 50.4 Å². The molecule has 0 aliphatic rings. The highest BCUT2D eigenvalue weighted by atomic mass is 32.2. The van der Waals surface area contributed by atoms with Gasteiger partial charge in [0.15, 0.2) is 12.2 Å². The van der Waals surface area contributed by atoms with Crippen molar-refractivity contribution >= 4 is 47.4 Å². The predicted molar refractivity (Wildman–Crippen MR) is 136 cm³/mol. The Morgan fingerprint density at radius 1 is 0.778 bits per heavy atom. The maximum Gasteiger partial charge on any atom is 0.330 e. The first-order valence-electron chi connectivity index (χ1n) is 10.6. The normalized spacial score (nSPS) is 11.8. The molecule has 0 N–H and O–H groups in total. The topological polar surface area (TPSA) is 124 Å². The van der Waals surface area contributed by atoms with Crippen LogP contribution in [0.1, 0.15) is 0 Å². The molecule has 0 amide bonds. The van der Waals surface area contributed by atoms with Gasteiger partial charge in [0.05, 0.1) is 11.5 Å². The van der Waals surface area contributed by atoms with E-state index in [2.05, 4.69) is 13.2 Å². The highest BCUT2D eigenvalue weighted by molar-refractivity contribution is 7.99. The quantitative estimate of drug-likeness (QED) is 0.154. The van der Waals surface area contributed by atoms with Gasteiger partial charge >= 0.3 is 23.9 Å². The van der Waals surface area contributed by atoms with Crippen LogP contribution in [-0.4, -0.2) is 86.5 Å². The molecule has 1 aromatic rings. The third-order valence-corrected chi connectivity index (χ3v) is 5.01. The molecule has 0 aliphatic heterocycles. The molecule has 0 spiro atoms. The van der Waals surface area contributed by atoms with Crippen LogP contribution in [0.2, 0.25) is 0 Å². The van der Waals surface area contributed by atoms with Gasteiger partial charge in [-0.15, -0.1) is 0 Å². The van der Waals surface area contributed by atoms with E-state index in [1.165, 1.54) is 23.5 Å². The first-order valence-corrected chi connectivity index (χ1v) is 13.4. The minimum atomic E-state index is -0.857. The van der Waals surface area contributed by atoms with E-state index in [0.29, 0.717) is 11.5 Å². The van der Waals surface area contributed by atoms with E-state index in [1.807, 2.05) is 0 Å². The highest BCUT2D eigenvalue weighted by Crippen LogP contribution is 2.20. The summed E-state index contributed by atoms with van der Waals surface area (Å²) in [5.74, 6) is -1.14. The van der Waals surface area contributed by atoms with Gasteiger partial charge in [-0.2, -0.15) is 23.5 Å². The van der Waals surface area contributed by atoms with E-state index in [0.717, 1.165) is 12.2 Å². The molecule has 0 bridgehead atoms. The molecule has 0 saturated carbocycles. The van der Waals surface area contributed by atoms with Crippen LogP contribution in [0.5, 0.6) is 11.5 Å². The zero-order chi connectivity index (χ0) is 26.8. The first-order chi connectivity index (χ1) is 17.3. The maximum absolute atomic E-state index is 11.6. The summed E-state index contributed by atoms with van der Waals surface area (Å²) in [4.78, 5) is 46.5. The largest absolute Gasteiger partial charge is 0.489 e. The fraction of sp³-hybridized carbons (Fsp3) is 0.417. The number of thioether (sulfide) groups is 2. The molecule has 0 fully saturated rings. The fourth-order valence-electron chi connectivity index (χ4n) is 2.38. The lowest BCUT2D eigenvalue weighted by atomic mass is 10.3. The Morgan fingerprint density at radius 3 is 1.56 bits per heavy atom. The zero-order valence-corrected chi connectivity index (χ0v) is 21.8. The van der Waals surface area contributed by atoms with Crippen LogP contribution in [-0.2, 0) is 38.1 Å². The lowest BCUT2D eigenvalue weighted by molar-refractivity contribution is -0.155. The van der Waals surface area contributed by atoms with Crippen LogP contribution < -0.4 is 9.47 Å². The Hall–Kier alpha value is -3.12. The molecule has 0 aliphatic carbocycles. The molecule has 10 nitrogen and oxygen atoms in total. The van der Waals surface area contributed by atoms with Gasteiger partial charge in [-0.1, -0.05) is 19.2 Å². The molecule has 1 rings (SSSR count). The van der Waals surface area contributed by atoms with Crippen molar-refractivity contribution < 1.29 is 47.6 Å². The van der Waals surface area contributed by atoms with Crippen molar-refractivity contribution in [1.82, 2.24) is 0 Å². The molecule has 0 heterocycles. The highest BCUT2D eigenvalue weighted by Gasteiger charge is 2.19. The van der Waals surface area contributed by atoms with E-state index in [4.69, 9.17) is 28.4 Å². The maximum atomic E-state index is 11.6. The first kappa shape index (κ1) is 30.9. The molecule has 2 atom stereocenters. The monoisotopic (exact) mass is 542 g/mol.